The molecule has 0 unspecified atom stereocenters. The zero-order valence-electron chi connectivity index (χ0n) is 17.5. The van der Waals surface area contributed by atoms with Gasteiger partial charge in [0.1, 0.15) is 18.7 Å². The zero-order chi connectivity index (χ0) is 22.8. The lowest BCUT2D eigenvalue weighted by Crippen LogP contribution is -2.55. The summed E-state index contributed by atoms with van der Waals surface area (Å²) in [7, 11) is 0. The minimum atomic E-state index is -0.969. The van der Waals surface area contributed by atoms with Gasteiger partial charge in [-0.25, -0.2) is 4.79 Å². The Morgan fingerprint density at radius 2 is 1.65 bits per heavy atom. The lowest BCUT2D eigenvalue weighted by atomic mass is 10.0. The molecule has 8 heteroatoms. The molecular weight excluding hydrogens is 396 g/mol. The van der Waals surface area contributed by atoms with Crippen molar-refractivity contribution >= 4 is 17.9 Å². The average Bonchev–Trinajstić information content (AvgIpc) is 2.76. The fourth-order valence-corrected chi connectivity index (χ4v) is 2.86. The predicted octanol–water partition coefficient (Wildman–Crippen LogP) is 2.02. The van der Waals surface area contributed by atoms with Crippen molar-refractivity contribution in [1.29, 1.82) is 5.26 Å². The molecule has 3 amide bonds. The average molecular weight is 422 g/mol. The number of hydrogen-bond acceptors (Lipinski definition) is 5. The molecule has 4 N–H and O–H groups in total. The van der Waals surface area contributed by atoms with E-state index < -0.39 is 30.0 Å². The standard InChI is InChI=1S/C23H26N4O4/c1-15(2)20(27-23(30)31-14-18-6-4-3-5-7-18)22(29)26-19(21(25)28)12-16-8-10-17(13-24)11-9-16/h3-11,15,19-20H,12,14H2,1-2H3,(H2,25,28)(H,26,29)(H,27,30)/t19-,20-/m1/s1. The largest absolute Gasteiger partial charge is 0.445 e. The number of benzene rings is 2. The van der Waals surface area contributed by atoms with Crippen molar-refractivity contribution in [2.75, 3.05) is 0 Å². The molecule has 2 aromatic carbocycles. The first-order valence-corrected chi connectivity index (χ1v) is 9.86. The Bertz CT molecular complexity index is 936. The number of primary amides is 1. The maximum Gasteiger partial charge on any atom is 0.408 e. The minimum absolute atomic E-state index is 0.0711. The first kappa shape index (κ1) is 23.4. The van der Waals surface area contributed by atoms with Gasteiger partial charge in [0.2, 0.25) is 11.8 Å². The van der Waals surface area contributed by atoms with Crippen LogP contribution >= 0.6 is 0 Å². The number of nitriles is 1. The van der Waals surface area contributed by atoms with E-state index in [1.165, 1.54) is 0 Å². The van der Waals surface area contributed by atoms with Crippen LogP contribution in [0.15, 0.2) is 54.6 Å². The van der Waals surface area contributed by atoms with E-state index in [0.717, 1.165) is 11.1 Å². The summed E-state index contributed by atoms with van der Waals surface area (Å²) in [4.78, 5) is 36.8. The van der Waals surface area contributed by atoms with Gasteiger partial charge >= 0.3 is 6.09 Å². The number of rotatable bonds is 9. The monoisotopic (exact) mass is 422 g/mol. The van der Waals surface area contributed by atoms with Crippen LogP contribution in [0.25, 0.3) is 0 Å². The summed E-state index contributed by atoms with van der Waals surface area (Å²) in [5.74, 6) is -1.50. The van der Waals surface area contributed by atoms with E-state index >= 15 is 0 Å². The van der Waals surface area contributed by atoms with E-state index in [1.54, 1.807) is 38.1 Å². The second-order valence-corrected chi connectivity index (χ2v) is 7.40. The molecule has 2 rings (SSSR count). The maximum absolute atomic E-state index is 12.8. The summed E-state index contributed by atoms with van der Waals surface area (Å²) in [6.45, 7) is 3.60. The molecule has 162 valence electrons. The number of nitrogens with zero attached hydrogens (tertiary/aromatic N) is 1. The molecular formula is C23H26N4O4. The van der Waals surface area contributed by atoms with Gasteiger partial charge in [-0.2, -0.15) is 5.26 Å². The molecule has 2 atom stereocenters. The molecule has 0 aliphatic rings. The summed E-state index contributed by atoms with van der Waals surface area (Å²) in [6, 6.07) is 15.9. The van der Waals surface area contributed by atoms with Gasteiger partial charge in [0.25, 0.3) is 0 Å². The van der Waals surface area contributed by atoms with Gasteiger partial charge in [-0.3, -0.25) is 9.59 Å². The number of hydrogen-bond donors (Lipinski definition) is 3. The lowest BCUT2D eigenvalue weighted by molar-refractivity contribution is -0.129. The molecule has 0 spiro atoms. The highest BCUT2D eigenvalue weighted by Crippen LogP contribution is 2.09. The maximum atomic E-state index is 12.8. The van der Waals surface area contributed by atoms with Crippen LogP contribution < -0.4 is 16.4 Å². The predicted molar refractivity (Wildman–Crippen MR) is 114 cm³/mol. The van der Waals surface area contributed by atoms with Gasteiger partial charge in [0.05, 0.1) is 11.6 Å². The first-order valence-electron chi connectivity index (χ1n) is 9.86. The van der Waals surface area contributed by atoms with Crippen molar-refractivity contribution in [1.82, 2.24) is 10.6 Å². The molecule has 0 aliphatic heterocycles. The number of carbonyl (C=O) groups is 3. The van der Waals surface area contributed by atoms with Gasteiger partial charge in [-0.15, -0.1) is 0 Å². The normalized spacial score (nSPS) is 12.3. The Balaban J connectivity index is 1.98. The van der Waals surface area contributed by atoms with E-state index in [-0.39, 0.29) is 18.9 Å². The van der Waals surface area contributed by atoms with Crippen LogP contribution in [-0.2, 0) is 27.4 Å². The Morgan fingerprint density at radius 3 is 2.19 bits per heavy atom. The highest BCUT2D eigenvalue weighted by Gasteiger charge is 2.28. The molecule has 0 aromatic heterocycles. The Kier molecular flexibility index (Phi) is 8.58. The van der Waals surface area contributed by atoms with Gasteiger partial charge in [-0.05, 0) is 29.2 Å². The summed E-state index contributed by atoms with van der Waals surface area (Å²) in [6.07, 6.45) is -0.573. The minimum Gasteiger partial charge on any atom is -0.445 e. The summed E-state index contributed by atoms with van der Waals surface area (Å²) in [5.41, 5.74) is 7.50. The Labute approximate surface area is 181 Å². The summed E-state index contributed by atoms with van der Waals surface area (Å²) >= 11 is 0. The fraction of sp³-hybridized carbons (Fsp3) is 0.304. The highest BCUT2D eigenvalue weighted by molar-refractivity contribution is 5.91. The molecule has 0 radical (unpaired) electrons. The number of alkyl carbamates (subject to hydrolysis) is 1. The molecule has 0 saturated carbocycles. The Hall–Kier alpha value is -3.86. The fourth-order valence-electron chi connectivity index (χ4n) is 2.86. The van der Waals surface area contributed by atoms with Gasteiger partial charge < -0.3 is 21.1 Å². The van der Waals surface area contributed by atoms with Crippen LogP contribution in [-0.4, -0.2) is 30.0 Å². The number of carbonyl (C=O) groups excluding carboxylic acids is 3. The molecule has 0 aliphatic carbocycles. The molecule has 0 heterocycles. The third-order valence-corrected chi connectivity index (χ3v) is 4.62. The summed E-state index contributed by atoms with van der Waals surface area (Å²) in [5, 5.41) is 14.0. The van der Waals surface area contributed by atoms with Crippen molar-refractivity contribution in [3.05, 3.63) is 71.3 Å². The molecule has 8 nitrogen and oxygen atoms in total. The highest BCUT2D eigenvalue weighted by atomic mass is 16.5. The number of amides is 3. The lowest BCUT2D eigenvalue weighted by Gasteiger charge is -2.24. The topological polar surface area (TPSA) is 134 Å². The van der Waals surface area contributed by atoms with Crippen LogP contribution in [0.3, 0.4) is 0 Å². The van der Waals surface area contributed by atoms with Crippen molar-refractivity contribution in [3.8, 4) is 6.07 Å². The molecule has 0 fully saturated rings. The SMILES string of the molecule is CC(C)[C@@H](NC(=O)OCc1ccccc1)C(=O)N[C@H](Cc1ccc(C#N)cc1)C(N)=O. The van der Waals surface area contributed by atoms with Gasteiger partial charge in [0, 0.05) is 6.42 Å². The van der Waals surface area contributed by atoms with Crippen molar-refractivity contribution in [2.24, 2.45) is 11.7 Å². The van der Waals surface area contributed by atoms with Crippen LogP contribution in [0.5, 0.6) is 0 Å². The second-order valence-electron chi connectivity index (χ2n) is 7.40. The van der Waals surface area contributed by atoms with Crippen LogP contribution in [0.4, 0.5) is 4.79 Å². The van der Waals surface area contributed by atoms with Gasteiger partial charge in [0.15, 0.2) is 0 Å². The zero-order valence-corrected chi connectivity index (χ0v) is 17.5. The van der Waals surface area contributed by atoms with Crippen molar-refractivity contribution in [3.63, 3.8) is 0 Å². The number of ether oxygens (including phenoxy) is 1. The quantitative estimate of drug-likeness (QED) is 0.568. The van der Waals surface area contributed by atoms with Crippen LogP contribution in [0.1, 0.15) is 30.5 Å². The number of nitrogens with one attached hydrogen (secondary N) is 2. The van der Waals surface area contributed by atoms with Crippen LogP contribution in [0, 0.1) is 17.2 Å². The molecule has 2 aromatic rings. The van der Waals surface area contributed by atoms with Crippen molar-refractivity contribution < 1.29 is 19.1 Å². The van der Waals surface area contributed by atoms with E-state index in [1.807, 2.05) is 36.4 Å². The van der Waals surface area contributed by atoms with Gasteiger partial charge in [-0.1, -0.05) is 56.3 Å². The van der Waals surface area contributed by atoms with E-state index in [4.69, 9.17) is 15.7 Å². The molecule has 0 bridgehead atoms. The molecule has 31 heavy (non-hydrogen) atoms. The first-order chi connectivity index (χ1) is 14.8. The van der Waals surface area contributed by atoms with Crippen molar-refractivity contribution in [2.45, 2.75) is 39.0 Å². The third-order valence-electron chi connectivity index (χ3n) is 4.62. The van der Waals surface area contributed by atoms with E-state index in [2.05, 4.69) is 10.6 Å². The Morgan fingerprint density at radius 1 is 1.00 bits per heavy atom. The molecule has 0 saturated heterocycles. The van der Waals surface area contributed by atoms with E-state index in [9.17, 15) is 14.4 Å². The third kappa shape index (κ3) is 7.48. The summed E-state index contributed by atoms with van der Waals surface area (Å²) < 4.78 is 5.18. The smallest absolute Gasteiger partial charge is 0.408 e. The number of nitrogens with two attached hydrogens (primary N) is 1. The van der Waals surface area contributed by atoms with E-state index in [0.29, 0.717) is 5.56 Å². The second kappa shape index (κ2) is 11.4. The van der Waals surface area contributed by atoms with Crippen LogP contribution in [0.2, 0.25) is 0 Å².